The Kier molecular flexibility index (Phi) is 3.46. The van der Waals surface area contributed by atoms with Gasteiger partial charge in [-0.3, -0.25) is 4.79 Å². The number of primary amides is 1. The molecule has 0 saturated carbocycles. The largest absolute Gasteiger partial charge is 0.368 e. The highest BCUT2D eigenvalue weighted by molar-refractivity contribution is 5.79. The molecule has 70 valence electrons. The highest BCUT2D eigenvalue weighted by Crippen LogP contribution is 1.97. The first-order valence-electron chi connectivity index (χ1n) is 4.27. The molecule has 0 spiro atoms. The van der Waals surface area contributed by atoms with Gasteiger partial charge in [-0.15, -0.1) is 0 Å². The van der Waals surface area contributed by atoms with Crippen LogP contribution in [0.5, 0.6) is 0 Å². The zero-order chi connectivity index (χ0) is 9.68. The zero-order valence-corrected chi connectivity index (χ0v) is 7.66. The minimum Gasteiger partial charge on any atom is -0.368 e. The van der Waals surface area contributed by atoms with Gasteiger partial charge >= 0.3 is 0 Å². The summed E-state index contributed by atoms with van der Waals surface area (Å²) in [5.74, 6) is -0.323. The number of hydrogen-bond donors (Lipinski definition) is 2. The van der Waals surface area contributed by atoms with E-state index in [2.05, 4.69) is 5.32 Å². The summed E-state index contributed by atoms with van der Waals surface area (Å²) in [6.45, 7) is 2.43. The quantitative estimate of drug-likeness (QED) is 0.711. The summed E-state index contributed by atoms with van der Waals surface area (Å²) >= 11 is 0. The molecule has 3 heteroatoms. The maximum absolute atomic E-state index is 10.7. The van der Waals surface area contributed by atoms with Gasteiger partial charge in [-0.05, 0) is 12.5 Å². The Bertz CT molecular complexity index is 272. The average Bonchev–Trinajstić information content (AvgIpc) is 2.15. The molecule has 3 N–H and O–H groups in total. The van der Waals surface area contributed by atoms with Gasteiger partial charge in [-0.2, -0.15) is 0 Å². The molecule has 0 aliphatic heterocycles. The van der Waals surface area contributed by atoms with Gasteiger partial charge in [0.2, 0.25) is 5.91 Å². The van der Waals surface area contributed by atoms with Crippen molar-refractivity contribution in [3.05, 3.63) is 35.9 Å². The van der Waals surface area contributed by atoms with Crippen LogP contribution in [0.4, 0.5) is 0 Å². The SMILES string of the molecule is C[C@@H](NCc1ccccc1)C(N)=O. The first-order valence-corrected chi connectivity index (χ1v) is 4.27. The Hall–Kier alpha value is -1.35. The van der Waals surface area contributed by atoms with Crippen LogP contribution in [0, 0.1) is 0 Å². The van der Waals surface area contributed by atoms with Crippen molar-refractivity contribution < 1.29 is 4.79 Å². The summed E-state index contributed by atoms with van der Waals surface area (Å²) in [5, 5.41) is 3.02. The van der Waals surface area contributed by atoms with Gasteiger partial charge < -0.3 is 11.1 Å². The molecule has 0 unspecified atom stereocenters. The van der Waals surface area contributed by atoms with E-state index >= 15 is 0 Å². The molecule has 0 aliphatic carbocycles. The van der Waals surface area contributed by atoms with Crippen LogP contribution in [-0.2, 0) is 11.3 Å². The van der Waals surface area contributed by atoms with Gasteiger partial charge in [0.15, 0.2) is 0 Å². The van der Waals surface area contributed by atoms with Crippen LogP contribution in [0.25, 0.3) is 0 Å². The molecule has 0 fully saturated rings. The van der Waals surface area contributed by atoms with Crippen molar-refractivity contribution in [1.82, 2.24) is 5.32 Å². The molecule has 0 bridgehead atoms. The minimum atomic E-state index is -0.323. The van der Waals surface area contributed by atoms with Crippen molar-refractivity contribution in [3.8, 4) is 0 Å². The van der Waals surface area contributed by atoms with E-state index in [9.17, 15) is 4.79 Å². The number of nitrogens with two attached hydrogens (primary N) is 1. The fourth-order valence-electron chi connectivity index (χ4n) is 0.967. The Balaban J connectivity index is 2.39. The normalized spacial score (nSPS) is 12.4. The molecule has 1 aromatic carbocycles. The third-order valence-corrected chi connectivity index (χ3v) is 1.88. The molecule has 1 atom stereocenters. The monoisotopic (exact) mass is 178 g/mol. The lowest BCUT2D eigenvalue weighted by atomic mass is 10.2. The lowest BCUT2D eigenvalue weighted by molar-refractivity contribution is -0.119. The molecule has 1 aromatic rings. The molecule has 0 aromatic heterocycles. The van der Waals surface area contributed by atoms with Gasteiger partial charge in [-0.1, -0.05) is 30.3 Å². The number of benzene rings is 1. The van der Waals surface area contributed by atoms with Crippen LogP contribution in [0.1, 0.15) is 12.5 Å². The average molecular weight is 178 g/mol. The van der Waals surface area contributed by atoms with Crippen LogP contribution in [0.3, 0.4) is 0 Å². The molecule has 0 heterocycles. The predicted octanol–water partition coefficient (Wildman–Crippen LogP) is 0.650. The first kappa shape index (κ1) is 9.74. The second kappa shape index (κ2) is 4.62. The molecule has 13 heavy (non-hydrogen) atoms. The number of carbonyl (C=O) groups is 1. The summed E-state index contributed by atoms with van der Waals surface area (Å²) in [7, 11) is 0. The summed E-state index contributed by atoms with van der Waals surface area (Å²) in [5.41, 5.74) is 6.25. The molecule has 0 saturated heterocycles. The van der Waals surface area contributed by atoms with Crippen LogP contribution < -0.4 is 11.1 Å². The number of carbonyl (C=O) groups excluding carboxylic acids is 1. The van der Waals surface area contributed by atoms with Gasteiger partial charge in [0.25, 0.3) is 0 Å². The lowest BCUT2D eigenvalue weighted by Gasteiger charge is -2.09. The fraction of sp³-hybridized carbons (Fsp3) is 0.300. The third kappa shape index (κ3) is 3.25. The zero-order valence-electron chi connectivity index (χ0n) is 7.66. The number of nitrogens with one attached hydrogen (secondary N) is 1. The van der Waals surface area contributed by atoms with Crippen molar-refractivity contribution in [3.63, 3.8) is 0 Å². The van der Waals surface area contributed by atoms with Gasteiger partial charge in [-0.25, -0.2) is 0 Å². The molecule has 0 aliphatic rings. The Morgan fingerprint density at radius 1 is 1.46 bits per heavy atom. The molecule has 1 amide bonds. The summed E-state index contributed by atoms with van der Waals surface area (Å²) in [6.07, 6.45) is 0. The Labute approximate surface area is 77.9 Å². The van der Waals surface area contributed by atoms with Crippen molar-refractivity contribution >= 4 is 5.91 Å². The molecular weight excluding hydrogens is 164 g/mol. The third-order valence-electron chi connectivity index (χ3n) is 1.88. The second-order valence-corrected chi connectivity index (χ2v) is 2.99. The van der Waals surface area contributed by atoms with Crippen LogP contribution >= 0.6 is 0 Å². The van der Waals surface area contributed by atoms with Crippen molar-refractivity contribution in [2.45, 2.75) is 19.5 Å². The highest BCUT2D eigenvalue weighted by Gasteiger charge is 2.06. The van der Waals surface area contributed by atoms with E-state index in [0.717, 1.165) is 5.56 Å². The molecule has 3 nitrogen and oxygen atoms in total. The summed E-state index contributed by atoms with van der Waals surface area (Å²) in [4.78, 5) is 10.7. The van der Waals surface area contributed by atoms with E-state index in [4.69, 9.17) is 5.73 Å². The van der Waals surface area contributed by atoms with Crippen molar-refractivity contribution in [2.24, 2.45) is 5.73 Å². The van der Waals surface area contributed by atoms with Crippen LogP contribution in [0.15, 0.2) is 30.3 Å². The van der Waals surface area contributed by atoms with Gasteiger partial charge in [0, 0.05) is 6.54 Å². The van der Waals surface area contributed by atoms with Crippen molar-refractivity contribution in [1.29, 1.82) is 0 Å². The first-order chi connectivity index (χ1) is 6.20. The standard InChI is InChI=1S/C10H14N2O/c1-8(10(11)13)12-7-9-5-3-2-4-6-9/h2-6,8,12H,7H2,1H3,(H2,11,13)/t8-/m1/s1. The molecule has 1 rings (SSSR count). The summed E-state index contributed by atoms with van der Waals surface area (Å²) < 4.78 is 0. The van der Waals surface area contributed by atoms with E-state index in [-0.39, 0.29) is 11.9 Å². The number of rotatable bonds is 4. The Morgan fingerprint density at radius 3 is 2.62 bits per heavy atom. The van der Waals surface area contributed by atoms with Crippen molar-refractivity contribution in [2.75, 3.05) is 0 Å². The second-order valence-electron chi connectivity index (χ2n) is 2.99. The Morgan fingerprint density at radius 2 is 2.08 bits per heavy atom. The minimum absolute atomic E-state index is 0.278. The summed E-state index contributed by atoms with van der Waals surface area (Å²) in [6, 6.07) is 9.61. The maximum atomic E-state index is 10.7. The molecule has 0 radical (unpaired) electrons. The van der Waals surface area contributed by atoms with E-state index in [0.29, 0.717) is 6.54 Å². The highest BCUT2D eigenvalue weighted by atomic mass is 16.1. The maximum Gasteiger partial charge on any atom is 0.234 e. The molecular formula is C10H14N2O. The topological polar surface area (TPSA) is 55.1 Å². The van der Waals surface area contributed by atoms with E-state index < -0.39 is 0 Å². The van der Waals surface area contributed by atoms with Crippen LogP contribution in [-0.4, -0.2) is 11.9 Å². The predicted molar refractivity (Wildman–Crippen MR) is 51.9 cm³/mol. The van der Waals surface area contributed by atoms with E-state index in [1.54, 1.807) is 6.92 Å². The van der Waals surface area contributed by atoms with Crippen LogP contribution in [0.2, 0.25) is 0 Å². The lowest BCUT2D eigenvalue weighted by Crippen LogP contribution is -2.38. The van der Waals surface area contributed by atoms with Gasteiger partial charge in [0.1, 0.15) is 0 Å². The fourth-order valence-corrected chi connectivity index (χ4v) is 0.967. The van der Waals surface area contributed by atoms with Gasteiger partial charge in [0.05, 0.1) is 6.04 Å². The van der Waals surface area contributed by atoms with E-state index in [1.165, 1.54) is 0 Å². The number of amides is 1. The number of hydrogen-bond acceptors (Lipinski definition) is 2. The van der Waals surface area contributed by atoms with E-state index in [1.807, 2.05) is 30.3 Å². The smallest absolute Gasteiger partial charge is 0.234 e.